The molecule has 0 atom stereocenters. The highest BCUT2D eigenvalue weighted by atomic mass is 79.9. The molecule has 0 saturated carbocycles. The Bertz CT molecular complexity index is 358. The zero-order chi connectivity index (χ0) is 11.3. The van der Waals surface area contributed by atoms with Crippen LogP contribution in [0.4, 0.5) is 11.5 Å². The fourth-order valence-electron chi connectivity index (χ4n) is 1.01. The zero-order valence-electron chi connectivity index (χ0n) is 7.94. The van der Waals surface area contributed by atoms with Crippen molar-refractivity contribution in [1.82, 2.24) is 4.98 Å². The number of hydrogen-bond acceptors (Lipinski definition) is 5. The summed E-state index contributed by atoms with van der Waals surface area (Å²) in [5.74, 6) is 0.275. The molecule has 15 heavy (non-hydrogen) atoms. The molecule has 0 aromatic carbocycles. The van der Waals surface area contributed by atoms with Crippen LogP contribution in [-0.4, -0.2) is 23.0 Å². The van der Waals surface area contributed by atoms with Gasteiger partial charge in [-0.25, -0.2) is 4.98 Å². The number of aromatic nitrogens is 1. The third-order valence-electron chi connectivity index (χ3n) is 1.70. The van der Waals surface area contributed by atoms with E-state index < -0.39 is 4.92 Å². The Kier molecular flexibility index (Phi) is 4.44. The quantitative estimate of drug-likeness (QED) is 0.482. The molecule has 0 unspecified atom stereocenters. The first-order chi connectivity index (χ1) is 7.15. The molecule has 7 heteroatoms. The number of rotatable bonds is 5. The lowest BCUT2D eigenvalue weighted by Gasteiger charge is -2.04. The predicted octanol–water partition coefficient (Wildman–Crippen LogP) is 1.51. The molecule has 1 rings (SSSR count). The highest BCUT2D eigenvalue weighted by Gasteiger charge is 2.14. The Hall–Kier alpha value is -1.21. The molecule has 0 aliphatic rings. The van der Waals surface area contributed by atoms with Crippen LogP contribution >= 0.6 is 15.9 Å². The van der Waals surface area contributed by atoms with Crippen LogP contribution in [0.2, 0.25) is 0 Å². The van der Waals surface area contributed by atoms with Crippen molar-refractivity contribution >= 4 is 27.4 Å². The van der Waals surface area contributed by atoms with Crippen molar-refractivity contribution in [3.8, 4) is 0 Å². The van der Waals surface area contributed by atoms with E-state index in [1.807, 2.05) is 0 Å². The molecule has 1 heterocycles. The van der Waals surface area contributed by atoms with E-state index in [-0.39, 0.29) is 11.5 Å². The second kappa shape index (κ2) is 5.62. The van der Waals surface area contributed by atoms with Gasteiger partial charge in [-0.15, -0.1) is 0 Å². The summed E-state index contributed by atoms with van der Waals surface area (Å²) in [5.41, 5.74) is 5.27. The molecular weight excluding hydrogens is 264 g/mol. The highest BCUT2D eigenvalue weighted by Crippen LogP contribution is 2.24. The Morgan fingerprint density at radius 2 is 2.40 bits per heavy atom. The molecule has 1 aromatic heterocycles. The molecule has 1 aromatic rings. The lowest BCUT2D eigenvalue weighted by atomic mass is 10.3. The number of pyridine rings is 1. The summed E-state index contributed by atoms with van der Waals surface area (Å²) in [6, 6.07) is 1.41. The lowest BCUT2D eigenvalue weighted by Crippen LogP contribution is -2.10. The van der Waals surface area contributed by atoms with Crippen molar-refractivity contribution in [2.75, 3.05) is 18.4 Å². The number of hydrogen-bond donors (Lipinski definition) is 2. The van der Waals surface area contributed by atoms with Gasteiger partial charge in [-0.2, -0.15) is 0 Å². The molecule has 82 valence electrons. The molecule has 0 aliphatic carbocycles. The monoisotopic (exact) mass is 274 g/mol. The molecular formula is C8H11BrN4O2. The first-order valence-electron chi connectivity index (χ1n) is 4.39. The van der Waals surface area contributed by atoms with Gasteiger partial charge in [0.25, 0.3) is 0 Å². The summed E-state index contributed by atoms with van der Waals surface area (Å²) in [5, 5.41) is 13.6. The van der Waals surface area contributed by atoms with Gasteiger partial charge in [-0.05, 0) is 28.9 Å². The summed E-state index contributed by atoms with van der Waals surface area (Å²) < 4.78 is 0.582. The average molecular weight is 275 g/mol. The molecule has 0 amide bonds. The second-order valence-electron chi connectivity index (χ2n) is 2.85. The van der Waals surface area contributed by atoms with Gasteiger partial charge in [-0.3, -0.25) is 10.1 Å². The van der Waals surface area contributed by atoms with Gasteiger partial charge in [0, 0.05) is 23.3 Å². The van der Waals surface area contributed by atoms with E-state index in [2.05, 4.69) is 26.2 Å². The summed E-state index contributed by atoms with van der Waals surface area (Å²) in [6.45, 7) is 1.11. The molecule has 6 nitrogen and oxygen atoms in total. The standard InChI is InChI=1S/C8H11BrN4O2/c9-6-4-7(13(14)15)8(12-5-6)11-3-1-2-10/h4-5H,1-3,10H2,(H,11,12). The number of anilines is 1. The third kappa shape index (κ3) is 3.45. The van der Waals surface area contributed by atoms with Crippen LogP contribution in [0.1, 0.15) is 6.42 Å². The minimum absolute atomic E-state index is 0.0404. The molecule has 0 fully saturated rings. The Labute approximate surface area is 95.2 Å². The van der Waals surface area contributed by atoms with Gasteiger partial charge in [0.15, 0.2) is 0 Å². The maximum Gasteiger partial charge on any atom is 0.312 e. The van der Waals surface area contributed by atoms with Crippen molar-refractivity contribution < 1.29 is 4.92 Å². The summed E-state index contributed by atoms with van der Waals surface area (Å²) >= 11 is 3.13. The molecule has 0 aliphatic heterocycles. The number of nitrogens with two attached hydrogens (primary N) is 1. The summed E-state index contributed by atoms with van der Waals surface area (Å²) in [4.78, 5) is 14.1. The predicted molar refractivity (Wildman–Crippen MR) is 60.8 cm³/mol. The maximum atomic E-state index is 10.7. The van der Waals surface area contributed by atoms with Crippen LogP contribution in [0.5, 0.6) is 0 Å². The Morgan fingerprint density at radius 1 is 1.67 bits per heavy atom. The van der Waals surface area contributed by atoms with Gasteiger partial charge in [0.1, 0.15) is 0 Å². The molecule has 0 bridgehead atoms. The van der Waals surface area contributed by atoms with Crippen LogP contribution < -0.4 is 11.1 Å². The van der Waals surface area contributed by atoms with Gasteiger partial charge >= 0.3 is 5.69 Å². The first kappa shape index (κ1) is 11.9. The maximum absolute atomic E-state index is 10.7. The SMILES string of the molecule is NCCCNc1ncc(Br)cc1[N+](=O)[O-]. The normalized spacial score (nSPS) is 10.0. The van der Waals surface area contributed by atoms with Gasteiger partial charge in [-0.1, -0.05) is 0 Å². The van der Waals surface area contributed by atoms with Crippen molar-refractivity contribution in [3.63, 3.8) is 0 Å². The Morgan fingerprint density at radius 3 is 3.00 bits per heavy atom. The van der Waals surface area contributed by atoms with E-state index in [9.17, 15) is 10.1 Å². The summed E-state index contributed by atoms with van der Waals surface area (Å²) in [6.07, 6.45) is 2.26. The highest BCUT2D eigenvalue weighted by molar-refractivity contribution is 9.10. The third-order valence-corrected chi connectivity index (χ3v) is 2.14. The van der Waals surface area contributed by atoms with Crippen molar-refractivity contribution in [1.29, 1.82) is 0 Å². The minimum Gasteiger partial charge on any atom is -0.364 e. The van der Waals surface area contributed by atoms with E-state index in [0.29, 0.717) is 17.6 Å². The topological polar surface area (TPSA) is 94.1 Å². The van der Waals surface area contributed by atoms with Crippen LogP contribution in [0.3, 0.4) is 0 Å². The first-order valence-corrected chi connectivity index (χ1v) is 5.18. The fourth-order valence-corrected chi connectivity index (χ4v) is 1.33. The smallest absolute Gasteiger partial charge is 0.312 e. The van der Waals surface area contributed by atoms with E-state index in [1.165, 1.54) is 12.3 Å². The number of nitrogens with zero attached hydrogens (tertiary/aromatic N) is 2. The van der Waals surface area contributed by atoms with Crippen molar-refractivity contribution in [3.05, 3.63) is 26.9 Å². The van der Waals surface area contributed by atoms with Gasteiger partial charge < -0.3 is 11.1 Å². The molecule has 0 saturated heterocycles. The average Bonchev–Trinajstić information content (AvgIpc) is 2.20. The van der Waals surface area contributed by atoms with Crippen molar-refractivity contribution in [2.24, 2.45) is 5.73 Å². The van der Waals surface area contributed by atoms with E-state index in [1.54, 1.807) is 0 Å². The Balaban J connectivity index is 2.81. The number of halogens is 1. The fraction of sp³-hybridized carbons (Fsp3) is 0.375. The van der Waals surface area contributed by atoms with Gasteiger partial charge in [0.05, 0.1) is 4.92 Å². The van der Waals surface area contributed by atoms with E-state index in [4.69, 9.17) is 5.73 Å². The van der Waals surface area contributed by atoms with Crippen LogP contribution in [0, 0.1) is 10.1 Å². The van der Waals surface area contributed by atoms with E-state index in [0.717, 1.165) is 6.42 Å². The molecule has 0 radical (unpaired) electrons. The molecule has 0 spiro atoms. The largest absolute Gasteiger partial charge is 0.364 e. The van der Waals surface area contributed by atoms with Crippen molar-refractivity contribution in [2.45, 2.75) is 6.42 Å². The number of nitrogens with one attached hydrogen (secondary N) is 1. The van der Waals surface area contributed by atoms with E-state index >= 15 is 0 Å². The van der Waals surface area contributed by atoms with Crippen LogP contribution in [-0.2, 0) is 0 Å². The molecule has 3 N–H and O–H groups in total. The van der Waals surface area contributed by atoms with Crippen LogP contribution in [0.15, 0.2) is 16.7 Å². The van der Waals surface area contributed by atoms with Gasteiger partial charge in [0.2, 0.25) is 5.82 Å². The lowest BCUT2D eigenvalue weighted by molar-refractivity contribution is -0.384. The number of nitro groups is 1. The second-order valence-corrected chi connectivity index (χ2v) is 3.76. The minimum atomic E-state index is -0.470. The van der Waals surface area contributed by atoms with Crippen LogP contribution in [0.25, 0.3) is 0 Å². The zero-order valence-corrected chi connectivity index (χ0v) is 9.53. The summed E-state index contributed by atoms with van der Waals surface area (Å²) in [7, 11) is 0.